The van der Waals surface area contributed by atoms with Crippen molar-refractivity contribution < 1.29 is 23.4 Å². The summed E-state index contributed by atoms with van der Waals surface area (Å²) in [6, 6.07) is -0.712. The first-order chi connectivity index (χ1) is 10.8. The van der Waals surface area contributed by atoms with Gasteiger partial charge in [0.1, 0.15) is 6.10 Å². The fourth-order valence-electron chi connectivity index (χ4n) is 2.18. The molecule has 1 fully saturated rings. The Bertz CT molecular complexity index is 470. The molecule has 0 aromatic carbocycles. The summed E-state index contributed by atoms with van der Waals surface area (Å²) in [5.74, 6) is -1.03. The van der Waals surface area contributed by atoms with Crippen molar-refractivity contribution in [3.63, 3.8) is 0 Å². The molecule has 6 nitrogen and oxygen atoms in total. The van der Waals surface area contributed by atoms with Crippen LogP contribution in [0.5, 0.6) is 0 Å². The van der Waals surface area contributed by atoms with E-state index in [9.17, 15) is 4.79 Å². The van der Waals surface area contributed by atoms with Crippen LogP contribution in [0.4, 0.5) is 0 Å². The maximum atomic E-state index is 12.1. The van der Waals surface area contributed by atoms with E-state index in [0.29, 0.717) is 6.61 Å². The van der Waals surface area contributed by atoms with Crippen LogP contribution in [0.1, 0.15) is 41.5 Å². The van der Waals surface area contributed by atoms with Crippen LogP contribution in [0.2, 0.25) is 18.1 Å². The van der Waals surface area contributed by atoms with Gasteiger partial charge in [-0.05, 0) is 38.9 Å². The predicted octanol–water partition coefficient (Wildman–Crippen LogP) is 3.16. The van der Waals surface area contributed by atoms with Crippen LogP contribution in [-0.2, 0) is 23.4 Å². The molecule has 0 aliphatic carbocycles. The predicted molar refractivity (Wildman–Crippen MR) is 96.9 cm³/mol. The molecule has 0 unspecified atom stereocenters. The molecule has 0 saturated carbocycles. The molecular weight excluding hydrogens is 326 g/mol. The molecule has 0 aromatic rings. The molecule has 1 saturated heterocycles. The van der Waals surface area contributed by atoms with Gasteiger partial charge in [-0.15, -0.1) is 0 Å². The monoisotopic (exact) mass is 359 g/mol. The van der Waals surface area contributed by atoms with Crippen LogP contribution in [0, 0.1) is 0 Å². The molecule has 1 aliphatic rings. The molecule has 1 aliphatic heterocycles. The van der Waals surface area contributed by atoms with Gasteiger partial charge in [0.05, 0.1) is 19.8 Å². The van der Waals surface area contributed by atoms with Crippen molar-refractivity contribution >= 4 is 20.5 Å². The molecule has 0 radical (unpaired) electrons. The molecule has 24 heavy (non-hydrogen) atoms. The number of esters is 1. The normalized spacial score (nSPS) is 24.1. The Balaban J connectivity index is 2.84. The van der Waals surface area contributed by atoms with Crippen molar-refractivity contribution in [3.05, 3.63) is 0 Å². The molecule has 1 heterocycles. The van der Waals surface area contributed by atoms with Crippen LogP contribution in [0.15, 0.2) is 4.99 Å². The minimum absolute atomic E-state index is 0.0536. The van der Waals surface area contributed by atoms with E-state index in [0.717, 1.165) is 0 Å². The van der Waals surface area contributed by atoms with Crippen molar-refractivity contribution in [3.8, 4) is 0 Å². The zero-order valence-corrected chi connectivity index (χ0v) is 17.5. The van der Waals surface area contributed by atoms with Gasteiger partial charge in [0.15, 0.2) is 20.1 Å². The highest BCUT2D eigenvalue weighted by atomic mass is 28.4. The van der Waals surface area contributed by atoms with Gasteiger partial charge in [0, 0.05) is 6.21 Å². The van der Waals surface area contributed by atoms with Crippen molar-refractivity contribution in [2.45, 2.75) is 83.7 Å². The third-order valence-electron chi connectivity index (χ3n) is 4.62. The fourth-order valence-corrected chi connectivity index (χ4v) is 3.59. The van der Waals surface area contributed by atoms with Gasteiger partial charge in [-0.2, -0.15) is 0 Å². The average molecular weight is 360 g/mol. The number of hydrogen-bond acceptors (Lipinski definition) is 6. The highest BCUT2D eigenvalue weighted by Gasteiger charge is 2.41. The lowest BCUT2D eigenvalue weighted by Gasteiger charge is -2.39. The quantitative estimate of drug-likeness (QED) is 0.414. The van der Waals surface area contributed by atoms with E-state index >= 15 is 0 Å². The molecule has 0 bridgehead atoms. The zero-order valence-electron chi connectivity index (χ0n) is 16.5. The van der Waals surface area contributed by atoms with Crippen LogP contribution in [-0.4, -0.2) is 58.3 Å². The van der Waals surface area contributed by atoms with E-state index in [1.54, 1.807) is 6.21 Å². The minimum atomic E-state index is -2.01. The summed E-state index contributed by atoms with van der Waals surface area (Å²) in [6.45, 7) is 16.8. The summed E-state index contributed by atoms with van der Waals surface area (Å²) < 4.78 is 22.4. The van der Waals surface area contributed by atoms with Crippen molar-refractivity contribution in [1.29, 1.82) is 0 Å². The number of carbonyl (C=O) groups excluding carboxylic acids is 1. The van der Waals surface area contributed by atoms with Gasteiger partial charge >= 0.3 is 5.97 Å². The summed E-state index contributed by atoms with van der Waals surface area (Å²) in [4.78, 5) is 16.5. The lowest BCUT2D eigenvalue weighted by molar-refractivity contribution is -0.144. The van der Waals surface area contributed by atoms with Crippen LogP contribution in [0.3, 0.4) is 0 Å². The molecule has 1 rings (SSSR count). The number of nitrogens with zero attached hydrogens (tertiary/aromatic N) is 1. The largest absolute Gasteiger partial charge is 0.467 e. The summed E-state index contributed by atoms with van der Waals surface area (Å²) >= 11 is 0. The number of rotatable bonds is 6. The summed E-state index contributed by atoms with van der Waals surface area (Å²) in [5, 5.41) is 0.0536. The SMILES string of the molecule is COC(=O)[C@@H](N=C[C@H]1COC(C)(C)O1)[C@@H](C)O[Si](C)(C)C(C)(C)C. The van der Waals surface area contributed by atoms with Gasteiger partial charge in [0.25, 0.3) is 0 Å². The van der Waals surface area contributed by atoms with E-state index in [2.05, 4.69) is 38.9 Å². The van der Waals surface area contributed by atoms with Crippen LogP contribution in [0.25, 0.3) is 0 Å². The number of hydrogen-bond donors (Lipinski definition) is 0. The number of carbonyl (C=O) groups is 1. The second-order valence-corrected chi connectivity index (χ2v) is 13.0. The second kappa shape index (κ2) is 7.64. The Morgan fingerprint density at radius 2 is 1.96 bits per heavy atom. The lowest BCUT2D eigenvalue weighted by atomic mass is 10.2. The first kappa shape index (κ1) is 21.3. The van der Waals surface area contributed by atoms with Gasteiger partial charge in [0.2, 0.25) is 0 Å². The molecule has 0 aromatic heterocycles. The van der Waals surface area contributed by atoms with E-state index in [-0.39, 0.29) is 17.2 Å². The maximum Gasteiger partial charge on any atom is 0.333 e. The van der Waals surface area contributed by atoms with Crippen molar-refractivity contribution in [1.82, 2.24) is 0 Å². The molecule has 3 atom stereocenters. The Labute approximate surface area is 147 Å². The molecule has 7 heteroatoms. The van der Waals surface area contributed by atoms with Crippen LogP contribution >= 0.6 is 0 Å². The van der Waals surface area contributed by atoms with Gasteiger partial charge in [-0.25, -0.2) is 4.79 Å². The highest BCUT2D eigenvalue weighted by Crippen LogP contribution is 2.37. The van der Waals surface area contributed by atoms with E-state index in [4.69, 9.17) is 18.6 Å². The number of methoxy groups -OCH3 is 1. The first-order valence-corrected chi connectivity index (χ1v) is 11.3. The lowest BCUT2D eigenvalue weighted by Crippen LogP contribution is -2.47. The van der Waals surface area contributed by atoms with Crippen molar-refractivity contribution in [2.75, 3.05) is 13.7 Å². The maximum absolute atomic E-state index is 12.1. The van der Waals surface area contributed by atoms with Gasteiger partial charge < -0.3 is 18.6 Å². The zero-order chi connectivity index (χ0) is 18.8. The number of ether oxygens (including phenoxy) is 3. The summed E-state index contributed by atoms with van der Waals surface area (Å²) in [7, 11) is -0.647. The molecule has 0 N–H and O–H groups in total. The fraction of sp³-hybridized carbons (Fsp3) is 0.882. The van der Waals surface area contributed by atoms with Gasteiger partial charge in [-0.3, -0.25) is 4.99 Å². The Kier molecular flexibility index (Phi) is 6.77. The minimum Gasteiger partial charge on any atom is -0.467 e. The third-order valence-corrected chi connectivity index (χ3v) is 9.19. The average Bonchev–Trinajstić information content (AvgIpc) is 2.76. The summed E-state index contributed by atoms with van der Waals surface area (Å²) in [6.07, 6.45) is 0.985. The molecular formula is C17H33NO5Si. The second-order valence-electron chi connectivity index (χ2n) is 8.22. The first-order valence-electron chi connectivity index (χ1n) is 8.40. The number of aliphatic imine (C=N–C) groups is 1. The molecule has 0 spiro atoms. The Hall–Kier alpha value is -0.763. The van der Waals surface area contributed by atoms with E-state index in [1.807, 2.05) is 20.8 Å². The smallest absolute Gasteiger partial charge is 0.333 e. The summed E-state index contributed by atoms with van der Waals surface area (Å²) in [5.41, 5.74) is 0. The van der Waals surface area contributed by atoms with Crippen LogP contribution < -0.4 is 0 Å². The topological polar surface area (TPSA) is 66.4 Å². The molecule has 140 valence electrons. The third kappa shape index (κ3) is 5.65. The van der Waals surface area contributed by atoms with Gasteiger partial charge in [-0.1, -0.05) is 20.8 Å². The van der Waals surface area contributed by atoms with Crippen molar-refractivity contribution in [2.24, 2.45) is 4.99 Å². The molecule has 0 amide bonds. The van der Waals surface area contributed by atoms with E-state index in [1.165, 1.54) is 7.11 Å². The Morgan fingerprint density at radius 1 is 1.38 bits per heavy atom. The van der Waals surface area contributed by atoms with E-state index < -0.39 is 26.1 Å². The standard InChI is InChI=1S/C17H33NO5Si/c1-12(23-24(8,9)16(2,3)4)14(15(19)20-7)18-10-13-11-21-17(5,6)22-13/h10,12-14H,11H2,1-9H3/t12-,13+,14+/m1/s1. The Morgan fingerprint density at radius 3 is 2.38 bits per heavy atom. The highest BCUT2D eigenvalue weighted by molar-refractivity contribution is 6.74.